The number of aryl methyl sites for hydroxylation is 1. The standard InChI is InChI=1S/C16H19NO2S/c1-11-9-10-20-15(11)16(18)17(3)12(2)13-7-5-6-8-14(13)19-4/h5-10,12H,1-4H3. The van der Waals surface area contributed by atoms with Gasteiger partial charge < -0.3 is 9.64 Å². The van der Waals surface area contributed by atoms with E-state index < -0.39 is 0 Å². The summed E-state index contributed by atoms with van der Waals surface area (Å²) < 4.78 is 5.38. The van der Waals surface area contributed by atoms with Crippen molar-refractivity contribution in [2.24, 2.45) is 0 Å². The largest absolute Gasteiger partial charge is 0.496 e. The highest BCUT2D eigenvalue weighted by Gasteiger charge is 2.23. The fraction of sp³-hybridized carbons (Fsp3) is 0.312. The van der Waals surface area contributed by atoms with Crippen LogP contribution in [0.25, 0.3) is 0 Å². The van der Waals surface area contributed by atoms with E-state index in [9.17, 15) is 4.79 Å². The van der Waals surface area contributed by atoms with Crippen molar-refractivity contribution in [3.8, 4) is 5.75 Å². The number of rotatable bonds is 4. The Morgan fingerprint density at radius 1 is 1.30 bits per heavy atom. The number of carbonyl (C=O) groups is 1. The Labute approximate surface area is 123 Å². The lowest BCUT2D eigenvalue weighted by molar-refractivity contribution is 0.0745. The number of methoxy groups -OCH3 is 1. The average molecular weight is 289 g/mol. The van der Waals surface area contributed by atoms with Gasteiger partial charge in [-0.15, -0.1) is 11.3 Å². The molecule has 2 aromatic rings. The van der Waals surface area contributed by atoms with E-state index in [0.717, 1.165) is 21.8 Å². The smallest absolute Gasteiger partial charge is 0.264 e. The maximum Gasteiger partial charge on any atom is 0.264 e. The molecule has 0 spiro atoms. The molecule has 106 valence electrons. The van der Waals surface area contributed by atoms with Gasteiger partial charge in [-0.05, 0) is 36.9 Å². The van der Waals surface area contributed by atoms with E-state index in [0.29, 0.717) is 0 Å². The SMILES string of the molecule is COc1ccccc1C(C)N(C)C(=O)c1sccc1C. The molecule has 1 atom stereocenters. The maximum atomic E-state index is 12.5. The molecular formula is C16H19NO2S. The fourth-order valence-corrected chi connectivity index (χ4v) is 3.06. The van der Waals surface area contributed by atoms with Gasteiger partial charge in [0.2, 0.25) is 0 Å². The molecule has 0 aliphatic carbocycles. The highest BCUT2D eigenvalue weighted by atomic mass is 32.1. The maximum absolute atomic E-state index is 12.5. The van der Waals surface area contributed by atoms with Crippen LogP contribution in [0, 0.1) is 6.92 Å². The minimum Gasteiger partial charge on any atom is -0.496 e. The second-order valence-corrected chi connectivity index (χ2v) is 5.68. The van der Waals surface area contributed by atoms with Gasteiger partial charge in [0.15, 0.2) is 0 Å². The Bertz CT molecular complexity index is 606. The third-order valence-corrected chi connectivity index (χ3v) is 4.55. The molecule has 1 amide bonds. The van der Waals surface area contributed by atoms with Crippen molar-refractivity contribution in [2.75, 3.05) is 14.2 Å². The number of benzene rings is 1. The molecule has 0 aliphatic heterocycles. The van der Waals surface area contributed by atoms with Crippen molar-refractivity contribution in [2.45, 2.75) is 19.9 Å². The molecule has 0 bridgehead atoms. The average Bonchev–Trinajstić information content (AvgIpc) is 2.91. The molecule has 1 aromatic heterocycles. The highest BCUT2D eigenvalue weighted by molar-refractivity contribution is 7.12. The van der Waals surface area contributed by atoms with Gasteiger partial charge in [-0.1, -0.05) is 18.2 Å². The quantitative estimate of drug-likeness (QED) is 0.854. The number of hydrogen-bond donors (Lipinski definition) is 0. The number of ether oxygens (including phenoxy) is 1. The van der Waals surface area contributed by atoms with Gasteiger partial charge in [-0.3, -0.25) is 4.79 Å². The summed E-state index contributed by atoms with van der Waals surface area (Å²) in [5, 5.41) is 1.95. The summed E-state index contributed by atoms with van der Waals surface area (Å²) in [4.78, 5) is 15.1. The van der Waals surface area contributed by atoms with E-state index in [1.165, 1.54) is 11.3 Å². The number of thiophene rings is 1. The third kappa shape index (κ3) is 2.70. The molecule has 1 heterocycles. The number of hydrogen-bond acceptors (Lipinski definition) is 3. The van der Waals surface area contributed by atoms with E-state index in [1.54, 1.807) is 12.0 Å². The zero-order valence-electron chi connectivity index (χ0n) is 12.2. The first-order chi connectivity index (χ1) is 9.56. The number of nitrogens with zero attached hydrogens (tertiary/aromatic N) is 1. The molecule has 1 aromatic carbocycles. The Balaban J connectivity index is 2.27. The van der Waals surface area contributed by atoms with Crippen LogP contribution in [0.1, 0.15) is 33.8 Å². The lowest BCUT2D eigenvalue weighted by Gasteiger charge is -2.26. The molecule has 0 radical (unpaired) electrons. The Hall–Kier alpha value is -1.81. The predicted molar refractivity (Wildman–Crippen MR) is 82.6 cm³/mol. The van der Waals surface area contributed by atoms with Crippen LogP contribution >= 0.6 is 11.3 Å². The number of para-hydroxylation sites is 1. The van der Waals surface area contributed by atoms with Crippen molar-refractivity contribution < 1.29 is 9.53 Å². The van der Waals surface area contributed by atoms with Gasteiger partial charge >= 0.3 is 0 Å². The zero-order chi connectivity index (χ0) is 14.7. The van der Waals surface area contributed by atoms with Gasteiger partial charge in [0, 0.05) is 12.6 Å². The van der Waals surface area contributed by atoms with Crippen LogP contribution < -0.4 is 4.74 Å². The third-order valence-electron chi connectivity index (χ3n) is 3.55. The van der Waals surface area contributed by atoms with Gasteiger partial charge in [-0.25, -0.2) is 0 Å². The van der Waals surface area contributed by atoms with E-state index >= 15 is 0 Å². The first-order valence-electron chi connectivity index (χ1n) is 6.50. The van der Waals surface area contributed by atoms with Crippen molar-refractivity contribution in [3.05, 3.63) is 51.7 Å². The van der Waals surface area contributed by atoms with Crippen LogP contribution in [-0.4, -0.2) is 25.0 Å². The lowest BCUT2D eigenvalue weighted by atomic mass is 10.1. The first-order valence-corrected chi connectivity index (χ1v) is 7.38. The molecule has 2 rings (SSSR count). The van der Waals surface area contributed by atoms with Crippen molar-refractivity contribution >= 4 is 17.2 Å². The van der Waals surface area contributed by atoms with E-state index in [1.807, 2.05) is 56.6 Å². The molecule has 20 heavy (non-hydrogen) atoms. The molecule has 4 heteroatoms. The Morgan fingerprint density at radius 3 is 2.60 bits per heavy atom. The van der Waals surface area contributed by atoms with Crippen LogP contribution in [0.3, 0.4) is 0 Å². The second kappa shape index (κ2) is 6.09. The summed E-state index contributed by atoms with van der Waals surface area (Å²) in [6, 6.07) is 9.73. The summed E-state index contributed by atoms with van der Waals surface area (Å²) in [5.74, 6) is 0.860. The second-order valence-electron chi connectivity index (χ2n) is 4.77. The molecule has 1 unspecified atom stereocenters. The first kappa shape index (κ1) is 14.6. The molecule has 0 saturated heterocycles. The summed E-state index contributed by atoms with van der Waals surface area (Å²) in [7, 11) is 3.48. The van der Waals surface area contributed by atoms with E-state index in [4.69, 9.17) is 4.74 Å². The summed E-state index contributed by atoms with van der Waals surface area (Å²) in [5.41, 5.74) is 2.04. The lowest BCUT2D eigenvalue weighted by Crippen LogP contribution is -2.29. The van der Waals surface area contributed by atoms with Crippen molar-refractivity contribution in [3.63, 3.8) is 0 Å². The number of amides is 1. The molecule has 0 fully saturated rings. The highest BCUT2D eigenvalue weighted by Crippen LogP contribution is 2.30. The minimum absolute atomic E-state index is 0.0415. The zero-order valence-corrected chi connectivity index (χ0v) is 13.0. The van der Waals surface area contributed by atoms with Gasteiger partial charge in [0.05, 0.1) is 18.0 Å². The van der Waals surface area contributed by atoms with Gasteiger partial charge in [0.1, 0.15) is 5.75 Å². The monoisotopic (exact) mass is 289 g/mol. The number of carbonyl (C=O) groups excluding carboxylic acids is 1. The molecule has 0 saturated carbocycles. The van der Waals surface area contributed by atoms with E-state index in [2.05, 4.69) is 0 Å². The Morgan fingerprint density at radius 2 is 2.00 bits per heavy atom. The van der Waals surface area contributed by atoms with E-state index in [-0.39, 0.29) is 11.9 Å². The van der Waals surface area contributed by atoms with Crippen LogP contribution in [0.2, 0.25) is 0 Å². The summed E-state index contributed by atoms with van der Waals surface area (Å²) in [6.45, 7) is 3.98. The predicted octanol–water partition coefficient (Wildman–Crippen LogP) is 3.90. The van der Waals surface area contributed by atoms with Crippen LogP contribution in [-0.2, 0) is 0 Å². The topological polar surface area (TPSA) is 29.5 Å². The minimum atomic E-state index is -0.0415. The fourth-order valence-electron chi connectivity index (χ4n) is 2.15. The molecule has 3 nitrogen and oxygen atoms in total. The van der Waals surface area contributed by atoms with Crippen LogP contribution in [0.5, 0.6) is 5.75 Å². The van der Waals surface area contributed by atoms with Gasteiger partial charge in [0.25, 0.3) is 5.91 Å². The van der Waals surface area contributed by atoms with Crippen LogP contribution in [0.4, 0.5) is 0 Å². The molecular weight excluding hydrogens is 270 g/mol. The van der Waals surface area contributed by atoms with Crippen molar-refractivity contribution in [1.82, 2.24) is 4.90 Å². The molecule has 0 aliphatic rings. The normalized spacial score (nSPS) is 12.0. The van der Waals surface area contributed by atoms with Crippen molar-refractivity contribution in [1.29, 1.82) is 0 Å². The van der Waals surface area contributed by atoms with Crippen LogP contribution in [0.15, 0.2) is 35.7 Å². The van der Waals surface area contributed by atoms with Gasteiger partial charge in [-0.2, -0.15) is 0 Å². The summed E-state index contributed by atoms with van der Waals surface area (Å²) in [6.07, 6.45) is 0. The Kier molecular flexibility index (Phi) is 4.45. The molecule has 0 N–H and O–H groups in total. The summed E-state index contributed by atoms with van der Waals surface area (Å²) >= 11 is 1.49.